The van der Waals surface area contributed by atoms with Crippen molar-refractivity contribution in [2.45, 2.75) is 51.8 Å². The van der Waals surface area contributed by atoms with Crippen LogP contribution < -0.4 is 16.0 Å². The van der Waals surface area contributed by atoms with Crippen molar-refractivity contribution in [2.24, 2.45) is 0 Å². The lowest BCUT2D eigenvalue weighted by atomic mass is 10.0. The van der Waals surface area contributed by atoms with Gasteiger partial charge in [0.25, 0.3) is 5.91 Å². The number of benzene rings is 1. The Morgan fingerprint density at radius 1 is 1.03 bits per heavy atom. The van der Waals surface area contributed by atoms with Gasteiger partial charge in [0, 0.05) is 36.3 Å². The van der Waals surface area contributed by atoms with Gasteiger partial charge in [-0.3, -0.25) is 24.5 Å². The van der Waals surface area contributed by atoms with E-state index in [1.54, 1.807) is 39.0 Å². The van der Waals surface area contributed by atoms with Gasteiger partial charge in [-0.15, -0.1) is 0 Å². The predicted molar refractivity (Wildman–Crippen MR) is 138 cm³/mol. The van der Waals surface area contributed by atoms with Crippen LogP contribution in [0.3, 0.4) is 0 Å². The summed E-state index contributed by atoms with van der Waals surface area (Å²) in [4.78, 5) is 61.9. The number of imide groups is 1. The number of amides is 5. The van der Waals surface area contributed by atoms with Crippen LogP contribution in [0.5, 0.6) is 0 Å². The Kier molecular flexibility index (Phi) is 10.8. The molecule has 1 unspecified atom stereocenters. The van der Waals surface area contributed by atoms with Crippen LogP contribution in [0.2, 0.25) is 0 Å². The van der Waals surface area contributed by atoms with Crippen molar-refractivity contribution < 1.29 is 42.9 Å². The molecule has 2 heterocycles. The molecule has 1 aromatic rings. The van der Waals surface area contributed by atoms with Crippen LogP contribution in [0.1, 0.15) is 49.5 Å². The molecule has 214 valence electrons. The van der Waals surface area contributed by atoms with Crippen molar-refractivity contribution in [3.63, 3.8) is 0 Å². The van der Waals surface area contributed by atoms with Gasteiger partial charge in [-0.2, -0.15) is 0 Å². The summed E-state index contributed by atoms with van der Waals surface area (Å²) in [5.41, 5.74) is 0.948. The van der Waals surface area contributed by atoms with E-state index in [0.29, 0.717) is 43.2 Å². The van der Waals surface area contributed by atoms with E-state index in [4.69, 9.17) is 18.9 Å². The Hall–Kier alpha value is -3.55. The van der Waals surface area contributed by atoms with Crippen molar-refractivity contribution in [2.75, 3.05) is 51.5 Å². The zero-order valence-corrected chi connectivity index (χ0v) is 22.5. The molecular weight excluding hydrogens is 512 g/mol. The summed E-state index contributed by atoms with van der Waals surface area (Å²) in [7, 11) is 0. The monoisotopic (exact) mass is 548 g/mol. The Bertz CT molecular complexity index is 1070. The van der Waals surface area contributed by atoms with E-state index in [2.05, 4.69) is 16.0 Å². The highest BCUT2D eigenvalue weighted by Gasteiger charge is 2.39. The Morgan fingerprint density at radius 3 is 2.41 bits per heavy atom. The van der Waals surface area contributed by atoms with E-state index in [1.807, 2.05) is 0 Å². The molecule has 0 bridgehead atoms. The number of alkyl carbamates (subject to hydrolysis) is 1. The van der Waals surface area contributed by atoms with Crippen molar-refractivity contribution >= 4 is 35.4 Å². The maximum atomic E-state index is 12.9. The second kappa shape index (κ2) is 14.0. The molecule has 2 aliphatic heterocycles. The predicted octanol–water partition coefficient (Wildman–Crippen LogP) is 0.961. The summed E-state index contributed by atoms with van der Waals surface area (Å²) < 4.78 is 21.2. The first-order valence-electron chi connectivity index (χ1n) is 12.8. The largest absolute Gasteiger partial charge is 0.444 e. The molecule has 1 fully saturated rings. The summed E-state index contributed by atoms with van der Waals surface area (Å²) in [6.07, 6.45) is -0.0658. The quantitative estimate of drug-likeness (QED) is 0.241. The first-order valence-corrected chi connectivity index (χ1v) is 12.8. The molecule has 0 saturated carbocycles. The fraction of sp³-hybridized carbons (Fsp3) is 0.577. The van der Waals surface area contributed by atoms with E-state index >= 15 is 0 Å². The molecule has 0 radical (unpaired) electrons. The number of fused-ring (bicyclic) bond motifs is 1. The maximum Gasteiger partial charge on any atom is 0.407 e. The molecule has 1 saturated heterocycles. The molecule has 5 amide bonds. The highest BCUT2D eigenvalue weighted by atomic mass is 16.6. The molecule has 2 aliphatic rings. The van der Waals surface area contributed by atoms with Crippen LogP contribution >= 0.6 is 0 Å². The number of hydrogen-bond donors (Lipinski definition) is 3. The Balaban J connectivity index is 1.29. The Morgan fingerprint density at radius 2 is 1.72 bits per heavy atom. The number of anilines is 1. The first-order chi connectivity index (χ1) is 18.5. The number of piperidine rings is 1. The molecule has 0 aliphatic carbocycles. The number of rotatable bonds is 13. The molecule has 3 rings (SSSR count). The third-order valence-electron chi connectivity index (χ3n) is 5.75. The van der Waals surface area contributed by atoms with E-state index in [9.17, 15) is 24.0 Å². The molecule has 13 nitrogen and oxygen atoms in total. The SMILES string of the molecule is CC(C)(C)OC(=O)NCCOCCOCCOCC(=O)Nc1cccc2c1CN(C1CCC(=O)NC1=O)C2=O. The molecule has 3 N–H and O–H groups in total. The van der Waals surface area contributed by atoms with Gasteiger partial charge in [0.1, 0.15) is 18.2 Å². The van der Waals surface area contributed by atoms with Gasteiger partial charge in [0.2, 0.25) is 17.7 Å². The fourth-order valence-electron chi connectivity index (χ4n) is 4.03. The topological polar surface area (TPSA) is 162 Å². The molecule has 39 heavy (non-hydrogen) atoms. The zero-order valence-electron chi connectivity index (χ0n) is 22.5. The fourth-order valence-corrected chi connectivity index (χ4v) is 4.03. The van der Waals surface area contributed by atoms with Gasteiger partial charge in [-0.25, -0.2) is 4.79 Å². The van der Waals surface area contributed by atoms with Crippen LogP contribution in [-0.4, -0.2) is 92.5 Å². The molecule has 0 aromatic heterocycles. The number of ether oxygens (including phenoxy) is 4. The van der Waals surface area contributed by atoms with E-state index in [1.165, 1.54) is 4.90 Å². The summed E-state index contributed by atoms with van der Waals surface area (Å²) in [6, 6.07) is 4.26. The van der Waals surface area contributed by atoms with Crippen LogP contribution in [0.4, 0.5) is 10.5 Å². The van der Waals surface area contributed by atoms with Crippen molar-refractivity contribution in [1.29, 1.82) is 0 Å². The zero-order chi connectivity index (χ0) is 28.4. The molecule has 13 heteroatoms. The average molecular weight is 549 g/mol. The highest BCUT2D eigenvalue weighted by molar-refractivity contribution is 6.06. The number of carbonyl (C=O) groups is 5. The minimum absolute atomic E-state index is 0.157. The smallest absolute Gasteiger partial charge is 0.407 e. The van der Waals surface area contributed by atoms with Crippen molar-refractivity contribution in [1.82, 2.24) is 15.5 Å². The van der Waals surface area contributed by atoms with Gasteiger partial charge in [0.15, 0.2) is 0 Å². The molecular formula is C26H36N4O9. The first kappa shape index (κ1) is 30.0. The average Bonchev–Trinajstić information content (AvgIpc) is 3.18. The number of nitrogens with zero attached hydrogens (tertiary/aromatic N) is 1. The molecule has 0 spiro atoms. The van der Waals surface area contributed by atoms with Gasteiger partial charge in [-0.05, 0) is 39.3 Å². The van der Waals surface area contributed by atoms with Crippen molar-refractivity contribution in [3.05, 3.63) is 29.3 Å². The van der Waals surface area contributed by atoms with E-state index in [-0.39, 0.29) is 51.0 Å². The standard InChI is InChI=1S/C26H36N4O9/c1-26(2,3)39-25(35)27-9-10-36-11-12-37-13-14-38-16-22(32)28-19-6-4-5-17-18(19)15-30(24(17)34)20-7-8-21(31)29-23(20)33/h4-6,20H,7-16H2,1-3H3,(H,27,35)(H,28,32)(H,29,31,33). The third-order valence-corrected chi connectivity index (χ3v) is 5.75. The minimum atomic E-state index is -0.728. The van der Waals surface area contributed by atoms with Crippen molar-refractivity contribution in [3.8, 4) is 0 Å². The van der Waals surface area contributed by atoms with Gasteiger partial charge >= 0.3 is 6.09 Å². The van der Waals surface area contributed by atoms with Gasteiger partial charge in [-0.1, -0.05) is 6.07 Å². The second-order valence-electron chi connectivity index (χ2n) is 9.99. The number of nitrogens with one attached hydrogen (secondary N) is 3. The summed E-state index contributed by atoms with van der Waals surface area (Å²) in [5, 5.41) is 7.62. The van der Waals surface area contributed by atoms with Gasteiger partial charge in [0.05, 0.1) is 33.0 Å². The summed E-state index contributed by atoms with van der Waals surface area (Å²) in [5.74, 6) is -1.55. The summed E-state index contributed by atoms with van der Waals surface area (Å²) in [6.45, 7) is 7.08. The highest BCUT2D eigenvalue weighted by Crippen LogP contribution is 2.32. The van der Waals surface area contributed by atoms with Gasteiger partial charge < -0.3 is 34.5 Å². The van der Waals surface area contributed by atoms with Crippen LogP contribution in [0.25, 0.3) is 0 Å². The van der Waals surface area contributed by atoms with Crippen LogP contribution in [0, 0.1) is 0 Å². The maximum absolute atomic E-state index is 12.9. The second-order valence-corrected chi connectivity index (χ2v) is 9.99. The molecule has 1 atom stereocenters. The lowest BCUT2D eigenvalue weighted by Crippen LogP contribution is -2.52. The molecule has 1 aromatic carbocycles. The van der Waals surface area contributed by atoms with Crippen LogP contribution in [0.15, 0.2) is 18.2 Å². The van der Waals surface area contributed by atoms with Crippen LogP contribution in [-0.2, 0) is 39.9 Å². The number of carbonyl (C=O) groups excluding carboxylic acids is 5. The minimum Gasteiger partial charge on any atom is -0.444 e. The van der Waals surface area contributed by atoms with E-state index in [0.717, 1.165) is 0 Å². The third kappa shape index (κ3) is 9.30. The Labute approximate surface area is 226 Å². The normalized spacial score (nSPS) is 17.1. The lowest BCUT2D eigenvalue weighted by molar-refractivity contribution is -0.137. The number of hydrogen-bond acceptors (Lipinski definition) is 9. The summed E-state index contributed by atoms with van der Waals surface area (Å²) >= 11 is 0. The lowest BCUT2D eigenvalue weighted by Gasteiger charge is -2.29. The van der Waals surface area contributed by atoms with E-state index < -0.39 is 29.6 Å².